The molecule has 0 saturated carbocycles. The summed E-state index contributed by atoms with van der Waals surface area (Å²) in [4.78, 5) is 34.8. The van der Waals surface area contributed by atoms with E-state index in [1.807, 2.05) is 67.6 Å². The monoisotopic (exact) mass is 475 g/mol. The lowest BCUT2D eigenvalue weighted by atomic mass is 10.1. The van der Waals surface area contributed by atoms with Crippen LogP contribution >= 0.6 is 0 Å². The molecule has 0 aliphatic rings. The van der Waals surface area contributed by atoms with Crippen molar-refractivity contribution in [1.82, 2.24) is 19.9 Å². The highest BCUT2D eigenvalue weighted by atomic mass is 16.1. The van der Waals surface area contributed by atoms with Gasteiger partial charge in [-0.25, -0.2) is 4.98 Å². The molecule has 36 heavy (non-hydrogen) atoms. The number of aryl methyl sites for hydroxylation is 1. The summed E-state index contributed by atoms with van der Waals surface area (Å²) in [5.41, 5.74) is 4.32. The number of anilines is 1. The van der Waals surface area contributed by atoms with E-state index >= 15 is 0 Å². The molecule has 0 fully saturated rings. The second-order valence-electron chi connectivity index (χ2n) is 8.43. The molecule has 0 aliphatic carbocycles. The Bertz CT molecular complexity index is 1560. The van der Waals surface area contributed by atoms with Crippen LogP contribution in [0.25, 0.3) is 16.7 Å². The highest BCUT2D eigenvalue weighted by Gasteiger charge is 2.13. The van der Waals surface area contributed by atoms with E-state index in [1.54, 1.807) is 34.9 Å². The molecule has 0 unspecified atom stereocenters. The standard InChI is InChI=1S/C29H25N5O2/c1-20-25-16-17-26(35)34(27(25)33-29(32-20)31-19-22-10-6-3-7-11-22)24-14-12-23(13-15-24)28(36)30-18-21-8-4-2-5-9-21/h2-17H,18-19H2,1H3,(H,30,36)(H,31,32,33). The van der Waals surface area contributed by atoms with Crippen LogP contribution < -0.4 is 16.2 Å². The molecule has 1 amide bonds. The van der Waals surface area contributed by atoms with Crippen LogP contribution in [0.5, 0.6) is 0 Å². The van der Waals surface area contributed by atoms with Crippen LogP contribution in [0.3, 0.4) is 0 Å². The van der Waals surface area contributed by atoms with Gasteiger partial charge in [-0.05, 0) is 48.4 Å². The fourth-order valence-corrected chi connectivity index (χ4v) is 4.01. The third-order valence-corrected chi connectivity index (χ3v) is 5.92. The first kappa shape index (κ1) is 23.0. The average Bonchev–Trinajstić information content (AvgIpc) is 2.92. The first-order valence-electron chi connectivity index (χ1n) is 11.7. The smallest absolute Gasteiger partial charge is 0.256 e. The quantitative estimate of drug-likeness (QED) is 0.358. The Labute approximate surface area is 208 Å². The van der Waals surface area contributed by atoms with E-state index in [2.05, 4.69) is 20.6 Å². The number of amides is 1. The number of pyridine rings is 1. The SMILES string of the molecule is Cc1nc(NCc2ccccc2)nc2c1ccc(=O)n2-c1ccc(C(=O)NCc2ccccc2)cc1. The number of aromatic nitrogens is 3. The lowest BCUT2D eigenvalue weighted by Gasteiger charge is -2.13. The van der Waals surface area contributed by atoms with Crippen molar-refractivity contribution >= 4 is 22.9 Å². The molecule has 0 aliphatic heterocycles. The van der Waals surface area contributed by atoms with Gasteiger partial charge in [-0.3, -0.25) is 14.2 Å². The van der Waals surface area contributed by atoms with Gasteiger partial charge < -0.3 is 10.6 Å². The van der Waals surface area contributed by atoms with Gasteiger partial charge in [0.1, 0.15) is 0 Å². The van der Waals surface area contributed by atoms with Crippen molar-refractivity contribution in [2.24, 2.45) is 0 Å². The van der Waals surface area contributed by atoms with Crippen molar-refractivity contribution in [3.8, 4) is 5.69 Å². The molecule has 0 bridgehead atoms. The van der Waals surface area contributed by atoms with E-state index in [-0.39, 0.29) is 11.5 Å². The van der Waals surface area contributed by atoms with Crippen LogP contribution in [-0.4, -0.2) is 20.4 Å². The molecule has 5 rings (SSSR count). The van der Waals surface area contributed by atoms with Crippen LogP contribution in [0.15, 0.2) is 102 Å². The Balaban J connectivity index is 1.42. The van der Waals surface area contributed by atoms with Gasteiger partial charge in [-0.2, -0.15) is 4.98 Å². The maximum absolute atomic E-state index is 12.9. The molecule has 2 N–H and O–H groups in total. The molecule has 2 aromatic heterocycles. The number of carbonyl (C=O) groups excluding carboxylic acids is 1. The maximum Gasteiger partial charge on any atom is 0.256 e. The van der Waals surface area contributed by atoms with Gasteiger partial charge in [0.2, 0.25) is 5.95 Å². The predicted octanol–water partition coefficient (Wildman–Crippen LogP) is 4.63. The Kier molecular flexibility index (Phi) is 6.53. The Hall–Kier alpha value is -4.78. The van der Waals surface area contributed by atoms with Crippen LogP contribution in [0.1, 0.15) is 27.2 Å². The fourth-order valence-electron chi connectivity index (χ4n) is 4.01. The van der Waals surface area contributed by atoms with E-state index in [0.717, 1.165) is 22.2 Å². The van der Waals surface area contributed by atoms with Gasteiger partial charge in [0, 0.05) is 30.1 Å². The number of rotatable bonds is 7. The highest BCUT2D eigenvalue weighted by Crippen LogP contribution is 2.20. The third-order valence-electron chi connectivity index (χ3n) is 5.92. The lowest BCUT2D eigenvalue weighted by Crippen LogP contribution is -2.23. The molecule has 7 nitrogen and oxygen atoms in total. The average molecular weight is 476 g/mol. The number of nitrogens with one attached hydrogen (secondary N) is 2. The lowest BCUT2D eigenvalue weighted by molar-refractivity contribution is 0.0951. The number of nitrogens with zero attached hydrogens (tertiary/aromatic N) is 3. The molecular formula is C29H25N5O2. The molecule has 5 aromatic rings. The van der Waals surface area contributed by atoms with Crippen molar-refractivity contribution in [3.05, 3.63) is 130 Å². The van der Waals surface area contributed by atoms with E-state index in [9.17, 15) is 9.59 Å². The summed E-state index contributed by atoms with van der Waals surface area (Å²) in [6.07, 6.45) is 0. The molecule has 0 radical (unpaired) electrons. The molecule has 0 saturated heterocycles. The number of carbonyl (C=O) groups is 1. The zero-order chi connectivity index (χ0) is 24.9. The van der Waals surface area contributed by atoms with E-state index in [1.165, 1.54) is 6.07 Å². The van der Waals surface area contributed by atoms with Crippen LogP contribution in [0, 0.1) is 6.92 Å². The summed E-state index contributed by atoms with van der Waals surface area (Å²) in [6, 6.07) is 29.9. The molecule has 3 aromatic carbocycles. The molecular weight excluding hydrogens is 450 g/mol. The molecule has 7 heteroatoms. The Morgan fingerprint density at radius 1 is 0.778 bits per heavy atom. The molecule has 2 heterocycles. The van der Waals surface area contributed by atoms with Gasteiger partial charge in [-0.15, -0.1) is 0 Å². The van der Waals surface area contributed by atoms with Crippen LogP contribution in [0.4, 0.5) is 5.95 Å². The minimum Gasteiger partial charge on any atom is -0.350 e. The summed E-state index contributed by atoms with van der Waals surface area (Å²) in [6.45, 7) is 2.90. The van der Waals surface area contributed by atoms with Crippen LogP contribution in [-0.2, 0) is 13.1 Å². The number of hydrogen-bond acceptors (Lipinski definition) is 5. The Morgan fingerprint density at radius 3 is 2.08 bits per heavy atom. The van der Waals surface area contributed by atoms with Crippen molar-refractivity contribution in [2.45, 2.75) is 20.0 Å². The minimum atomic E-state index is -0.212. The normalized spacial score (nSPS) is 10.8. The van der Waals surface area contributed by atoms with Gasteiger partial charge >= 0.3 is 0 Å². The molecule has 0 atom stereocenters. The van der Waals surface area contributed by atoms with Gasteiger partial charge in [0.05, 0.1) is 11.4 Å². The van der Waals surface area contributed by atoms with E-state index in [0.29, 0.717) is 35.9 Å². The number of fused-ring (bicyclic) bond motifs is 1. The topological polar surface area (TPSA) is 88.9 Å². The predicted molar refractivity (Wildman–Crippen MR) is 141 cm³/mol. The molecule has 178 valence electrons. The number of benzene rings is 3. The minimum absolute atomic E-state index is 0.179. The van der Waals surface area contributed by atoms with Crippen molar-refractivity contribution in [3.63, 3.8) is 0 Å². The zero-order valence-electron chi connectivity index (χ0n) is 19.8. The van der Waals surface area contributed by atoms with Gasteiger partial charge in [0.25, 0.3) is 11.5 Å². The summed E-state index contributed by atoms with van der Waals surface area (Å²) >= 11 is 0. The first-order valence-corrected chi connectivity index (χ1v) is 11.7. The van der Waals surface area contributed by atoms with Crippen molar-refractivity contribution in [1.29, 1.82) is 0 Å². The van der Waals surface area contributed by atoms with Crippen LogP contribution in [0.2, 0.25) is 0 Å². The summed E-state index contributed by atoms with van der Waals surface area (Å²) in [5.74, 6) is 0.265. The summed E-state index contributed by atoms with van der Waals surface area (Å²) in [7, 11) is 0. The number of hydrogen-bond donors (Lipinski definition) is 2. The summed E-state index contributed by atoms with van der Waals surface area (Å²) in [5, 5.41) is 6.96. The van der Waals surface area contributed by atoms with Crippen molar-refractivity contribution < 1.29 is 4.79 Å². The second-order valence-corrected chi connectivity index (χ2v) is 8.43. The maximum atomic E-state index is 12.9. The van der Waals surface area contributed by atoms with Crippen molar-refractivity contribution in [2.75, 3.05) is 5.32 Å². The Morgan fingerprint density at radius 2 is 1.42 bits per heavy atom. The van der Waals surface area contributed by atoms with E-state index < -0.39 is 0 Å². The fraction of sp³-hybridized carbons (Fsp3) is 0.103. The molecule has 0 spiro atoms. The second kappa shape index (κ2) is 10.2. The summed E-state index contributed by atoms with van der Waals surface area (Å²) < 4.78 is 1.55. The third kappa shape index (κ3) is 5.00. The first-order chi connectivity index (χ1) is 17.6. The van der Waals surface area contributed by atoms with E-state index in [4.69, 9.17) is 0 Å². The highest BCUT2D eigenvalue weighted by molar-refractivity contribution is 5.94. The largest absolute Gasteiger partial charge is 0.350 e. The zero-order valence-corrected chi connectivity index (χ0v) is 19.8. The van der Waals surface area contributed by atoms with Gasteiger partial charge in [-0.1, -0.05) is 60.7 Å². The van der Waals surface area contributed by atoms with Gasteiger partial charge in [0.15, 0.2) is 5.65 Å².